The van der Waals surface area contributed by atoms with Crippen LogP contribution in [0, 0.1) is 11.8 Å². The van der Waals surface area contributed by atoms with Crippen molar-refractivity contribution < 1.29 is 80.2 Å². The number of unbranched alkanes of at least 4 members (excludes halogenated alkanes) is 60. The SMILES string of the molecule is CCCCCCCCCCCCCCCCCCCCCCCCC(=O)O[C@H](COC(=O)CCCCCCCCCCCCCCCCCCCCC)COP(=O)(O)OC[C@@H](O)COP(=O)(O)OC[C@@H](COC(=O)CCCCCCCCCCCC(C)C)OC(=O)CCCCCCCCCCCCCCCCC(C)C. The first-order valence-corrected chi connectivity index (χ1v) is 50.0. The molecule has 17 nitrogen and oxygen atoms in total. The molecule has 5 atom stereocenters. The van der Waals surface area contributed by atoms with Gasteiger partial charge in [0.05, 0.1) is 26.4 Å². The Hall–Kier alpha value is -1.94. The summed E-state index contributed by atoms with van der Waals surface area (Å²) in [5.74, 6) is -0.558. The van der Waals surface area contributed by atoms with Crippen LogP contribution < -0.4 is 0 Å². The van der Waals surface area contributed by atoms with Crippen molar-refractivity contribution in [2.75, 3.05) is 39.6 Å². The molecule has 110 heavy (non-hydrogen) atoms. The van der Waals surface area contributed by atoms with Gasteiger partial charge in [-0.05, 0) is 37.5 Å². The second-order valence-electron chi connectivity index (χ2n) is 33.6. The molecule has 0 aliphatic carbocycles. The van der Waals surface area contributed by atoms with Gasteiger partial charge in [-0.25, -0.2) is 9.13 Å². The summed E-state index contributed by atoms with van der Waals surface area (Å²) in [6.45, 7) is 9.70. The Kier molecular flexibility index (Phi) is 80.7. The van der Waals surface area contributed by atoms with Crippen molar-refractivity contribution in [2.24, 2.45) is 11.8 Å². The molecule has 0 aromatic carbocycles. The second-order valence-corrected chi connectivity index (χ2v) is 36.6. The fourth-order valence-corrected chi connectivity index (χ4v) is 15.9. The third-order valence-corrected chi connectivity index (χ3v) is 23.4. The van der Waals surface area contributed by atoms with E-state index in [1.54, 1.807) is 0 Å². The molecule has 0 aliphatic rings. The highest BCUT2D eigenvalue weighted by molar-refractivity contribution is 7.47. The lowest BCUT2D eigenvalue weighted by atomic mass is 10.0. The minimum Gasteiger partial charge on any atom is -0.462 e. The van der Waals surface area contributed by atoms with Crippen molar-refractivity contribution >= 4 is 39.5 Å². The van der Waals surface area contributed by atoms with E-state index in [9.17, 15) is 43.2 Å². The number of carbonyl (C=O) groups excluding carboxylic acids is 4. The van der Waals surface area contributed by atoms with E-state index < -0.39 is 97.5 Å². The average Bonchev–Trinajstić information content (AvgIpc) is 0.898. The Morgan fingerprint density at radius 3 is 0.618 bits per heavy atom. The Morgan fingerprint density at radius 1 is 0.245 bits per heavy atom. The number of aliphatic hydroxyl groups excluding tert-OH is 1. The van der Waals surface area contributed by atoms with Crippen LogP contribution in [0.1, 0.15) is 491 Å². The van der Waals surface area contributed by atoms with Gasteiger partial charge in [-0.15, -0.1) is 0 Å². The van der Waals surface area contributed by atoms with Gasteiger partial charge >= 0.3 is 39.5 Å². The number of esters is 4. The minimum atomic E-state index is -4.97. The molecule has 19 heteroatoms. The van der Waals surface area contributed by atoms with Crippen molar-refractivity contribution in [3.8, 4) is 0 Å². The van der Waals surface area contributed by atoms with E-state index in [-0.39, 0.29) is 25.7 Å². The molecule has 654 valence electrons. The lowest BCUT2D eigenvalue weighted by Crippen LogP contribution is -2.30. The predicted molar refractivity (Wildman–Crippen MR) is 455 cm³/mol. The van der Waals surface area contributed by atoms with E-state index in [4.69, 9.17) is 37.0 Å². The number of aliphatic hydroxyl groups is 1. The van der Waals surface area contributed by atoms with Crippen LogP contribution in [0.15, 0.2) is 0 Å². The molecule has 2 unspecified atom stereocenters. The Morgan fingerprint density at radius 2 is 0.418 bits per heavy atom. The fraction of sp³-hybridized carbons (Fsp3) is 0.956. The molecule has 0 spiro atoms. The van der Waals surface area contributed by atoms with Gasteiger partial charge in [0, 0.05) is 25.7 Å². The van der Waals surface area contributed by atoms with Crippen molar-refractivity contribution in [2.45, 2.75) is 509 Å². The molecule has 3 N–H and O–H groups in total. The van der Waals surface area contributed by atoms with E-state index >= 15 is 0 Å². The molecule has 0 aromatic heterocycles. The molecular formula is C91H178O17P2. The summed E-state index contributed by atoms with van der Waals surface area (Å²) >= 11 is 0. The van der Waals surface area contributed by atoms with Crippen LogP contribution in [0.5, 0.6) is 0 Å². The van der Waals surface area contributed by atoms with Crippen molar-refractivity contribution in [3.63, 3.8) is 0 Å². The van der Waals surface area contributed by atoms with Gasteiger partial charge in [-0.3, -0.25) is 37.3 Å². The van der Waals surface area contributed by atoms with Gasteiger partial charge in [-0.1, -0.05) is 440 Å². The first-order valence-electron chi connectivity index (χ1n) is 47.0. The maximum absolute atomic E-state index is 13.2. The van der Waals surface area contributed by atoms with Gasteiger partial charge in [-0.2, -0.15) is 0 Å². The zero-order valence-electron chi connectivity index (χ0n) is 72.6. The normalized spacial score (nSPS) is 13.7. The van der Waals surface area contributed by atoms with E-state index in [2.05, 4.69) is 41.5 Å². The topological polar surface area (TPSA) is 237 Å². The molecule has 0 heterocycles. The van der Waals surface area contributed by atoms with E-state index in [0.717, 1.165) is 102 Å². The summed E-state index contributed by atoms with van der Waals surface area (Å²) in [4.78, 5) is 73.4. The first kappa shape index (κ1) is 108. The van der Waals surface area contributed by atoms with Crippen LogP contribution in [-0.2, 0) is 65.4 Å². The van der Waals surface area contributed by atoms with Gasteiger partial charge in [0.2, 0.25) is 0 Å². The number of rotatable bonds is 90. The second kappa shape index (κ2) is 82.2. The van der Waals surface area contributed by atoms with Crippen LogP contribution in [0.25, 0.3) is 0 Å². The third kappa shape index (κ3) is 84.0. The van der Waals surface area contributed by atoms with E-state index in [1.165, 1.54) is 308 Å². The Balaban J connectivity index is 5.24. The van der Waals surface area contributed by atoms with Crippen LogP contribution in [0.3, 0.4) is 0 Å². The van der Waals surface area contributed by atoms with Crippen LogP contribution >= 0.6 is 15.6 Å². The summed E-state index contributed by atoms with van der Waals surface area (Å²) in [6, 6.07) is 0. The monoisotopic (exact) mass is 1610 g/mol. The number of hydrogen-bond acceptors (Lipinski definition) is 15. The number of phosphoric ester groups is 2. The smallest absolute Gasteiger partial charge is 0.462 e. The summed E-state index contributed by atoms with van der Waals surface area (Å²) in [7, 11) is -9.94. The average molecular weight is 1610 g/mol. The Labute approximate surface area is 677 Å². The highest BCUT2D eigenvalue weighted by Crippen LogP contribution is 2.45. The Bertz CT molecular complexity index is 2100. The van der Waals surface area contributed by atoms with Crippen LogP contribution in [-0.4, -0.2) is 96.7 Å². The number of phosphoric acid groups is 2. The zero-order chi connectivity index (χ0) is 80.6. The summed E-state index contributed by atoms with van der Waals surface area (Å²) < 4.78 is 69.1. The molecule has 0 aromatic rings. The lowest BCUT2D eigenvalue weighted by molar-refractivity contribution is -0.161. The predicted octanol–water partition coefficient (Wildman–Crippen LogP) is 28.2. The van der Waals surface area contributed by atoms with Crippen LogP contribution in [0.4, 0.5) is 0 Å². The quantitative estimate of drug-likeness (QED) is 0.0222. The van der Waals surface area contributed by atoms with E-state index in [1.807, 2.05) is 0 Å². The van der Waals surface area contributed by atoms with Gasteiger partial charge in [0.1, 0.15) is 19.3 Å². The molecule has 0 rings (SSSR count). The maximum Gasteiger partial charge on any atom is 0.472 e. The summed E-state index contributed by atoms with van der Waals surface area (Å²) in [5.41, 5.74) is 0. The highest BCUT2D eigenvalue weighted by atomic mass is 31.2. The van der Waals surface area contributed by atoms with Crippen molar-refractivity contribution in [3.05, 3.63) is 0 Å². The molecule has 0 aliphatic heterocycles. The molecule has 0 fully saturated rings. The van der Waals surface area contributed by atoms with Gasteiger partial charge in [0.15, 0.2) is 12.2 Å². The number of hydrogen-bond donors (Lipinski definition) is 3. The molecule has 0 saturated carbocycles. The third-order valence-electron chi connectivity index (χ3n) is 21.5. The molecule has 0 bridgehead atoms. The summed E-state index contributed by atoms with van der Waals surface area (Å²) in [6.07, 6.45) is 76.5. The lowest BCUT2D eigenvalue weighted by Gasteiger charge is -2.21. The molecule has 0 saturated heterocycles. The highest BCUT2D eigenvalue weighted by Gasteiger charge is 2.31. The zero-order valence-corrected chi connectivity index (χ0v) is 74.4. The summed E-state index contributed by atoms with van der Waals surface area (Å²) in [5, 5.41) is 10.7. The number of carbonyl (C=O) groups is 4. The van der Waals surface area contributed by atoms with Gasteiger partial charge in [0.25, 0.3) is 0 Å². The minimum absolute atomic E-state index is 0.108. The van der Waals surface area contributed by atoms with Crippen molar-refractivity contribution in [1.82, 2.24) is 0 Å². The fourth-order valence-electron chi connectivity index (χ4n) is 14.3. The largest absolute Gasteiger partial charge is 0.472 e. The standard InChI is InChI=1S/C91H178O17P2/c1-7-9-11-13-15-17-19-21-23-25-27-28-29-31-33-35-40-44-50-57-63-69-75-90(95)107-86(79-101-88(93)73-67-61-55-49-43-39-34-32-30-26-24-22-20-18-16-14-12-10-8-2)81-105-109(97,98)103-77-85(92)78-104-110(99,100)106-82-87(80-102-89(94)74-68-62-56-52-46-48-54-60-66-72-84(5)6)108-91(96)76-70-64-58-51-45-41-37-36-38-42-47-53-59-65-71-83(3)4/h83-87,92H,7-82H2,1-6H3,(H,97,98)(H,99,100)/t85-,86-,87-/m1/s1. The molecule has 0 radical (unpaired) electrons. The molecule has 0 amide bonds. The molecular weight excluding hydrogens is 1430 g/mol. The van der Waals surface area contributed by atoms with Crippen LogP contribution in [0.2, 0.25) is 0 Å². The van der Waals surface area contributed by atoms with Gasteiger partial charge < -0.3 is 33.8 Å². The maximum atomic E-state index is 13.2. The van der Waals surface area contributed by atoms with E-state index in [0.29, 0.717) is 25.7 Å². The van der Waals surface area contributed by atoms with Crippen molar-refractivity contribution in [1.29, 1.82) is 0 Å². The number of ether oxygens (including phenoxy) is 4. The first-order chi connectivity index (χ1) is 53.4.